The smallest absolute Gasteiger partial charge is 0.282 e. The molecular formula is C41H53FN12O2Si. The number of anilines is 2. The molecule has 4 aromatic heterocycles. The molecule has 9 rings (SSSR count). The van der Waals surface area contributed by atoms with Crippen molar-refractivity contribution in [2.75, 3.05) is 43.0 Å². The Labute approximate surface area is 334 Å². The highest BCUT2D eigenvalue weighted by molar-refractivity contribution is 6.76. The fraction of sp³-hybridized carbons (Fsp3) is 0.561. The molecule has 4 aliphatic rings. The lowest BCUT2D eigenvalue weighted by Gasteiger charge is -2.57. The van der Waals surface area contributed by atoms with Crippen molar-refractivity contribution in [1.82, 2.24) is 50.0 Å². The van der Waals surface area contributed by atoms with Crippen LogP contribution in [0.15, 0.2) is 49.3 Å². The van der Waals surface area contributed by atoms with E-state index in [1.807, 2.05) is 10.9 Å². The largest absolute Gasteiger partial charge is 0.434 e. The Hall–Kier alpha value is -4.67. The van der Waals surface area contributed by atoms with Crippen molar-refractivity contribution < 1.29 is 13.9 Å². The number of nitrogens with zero attached hydrogens (tertiary/aromatic N) is 11. The second-order valence-electron chi connectivity index (χ2n) is 18.3. The first kappa shape index (κ1) is 37.9. The number of likely N-dealkylation sites (tertiary alicyclic amines) is 1. The van der Waals surface area contributed by atoms with Crippen molar-refractivity contribution in [3.05, 3.63) is 60.8 Å². The van der Waals surface area contributed by atoms with E-state index in [0.29, 0.717) is 65.2 Å². The fourth-order valence-electron chi connectivity index (χ4n) is 9.20. The van der Waals surface area contributed by atoms with Crippen LogP contribution in [0.1, 0.15) is 57.6 Å². The maximum atomic E-state index is 14.6. The van der Waals surface area contributed by atoms with Crippen LogP contribution in [0.5, 0.6) is 11.6 Å². The molecule has 2 aliphatic carbocycles. The molecule has 2 saturated carbocycles. The maximum Gasteiger partial charge on any atom is 0.282 e. The monoisotopic (exact) mass is 792 g/mol. The SMILES string of the molecule is CC(C)[C@H](C1CC(Nc2cnc3nnn(COCC[Si](C)(C)C)c3c2)C1)N1CC2(CCN(c3ncnnc3Oc3ccc(F)cc3-c3cncnc3C3CC3)C2)C1. The molecule has 0 bridgehead atoms. The molecule has 1 atom stereocenters. The van der Waals surface area contributed by atoms with Crippen LogP contribution in [-0.2, 0) is 11.5 Å². The van der Waals surface area contributed by atoms with Gasteiger partial charge in [0, 0.05) is 81.6 Å². The van der Waals surface area contributed by atoms with Crippen LogP contribution in [0, 0.1) is 23.1 Å². The third kappa shape index (κ3) is 8.08. The summed E-state index contributed by atoms with van der Waals surface area (Å²) in [5.41, 5.74) is 5.03. The maximum absolute atomic E-state index is 14.6. The van der Waals surface area contributed by atoms with Crippen molar-refractivity contribution in [3.8, 4) is 22.8 Å². The van der Waals surface area contributed by atoms with Crippen molar-refractivity contribution in [2.24, 2.45) is 17.3 Å². The average Bonchev–Trinajstić information content (AvgIpc) is 3.79. The Kier molecular flexibility index (Phi) is 10.1. The normalized spacial score (nSPS) is 21.2. The molecule has 6 heterocycles. The molecule has 5 aromatic rings. The molecule has 0 unspecified atom stereocenters. The number of benzene rings is 1. The summed E-state index contributed by atoms with van der Waals surface area (Å²) in [6, 6.07) is 8.69. The Balaban J connectivity index is 0.814. The predicted molar refractivity (Wildman–Crippen MR) is 218 cm³/mol. The first-order valence-electron chi connectivity index (χ1n) is 20.5. The number of rotatable bonds is 15. The zero-order chi connectivity index (χ0) is 39.3. The molecule has 4 fully saturated rings. The van der Waals surface area contributed by atoms with Gasteiger partial charge in [0.2, 0.25) is 5.65 Å². The van der Waals surface area contributed by atoms with E-state index < -0.39 is 8.07 Å². The minimum Gasteiger partial charge on any atom is -0.434 e. The minimum atomic E-state index is -1.16. The van der Waals surface area contributed by atoms with Gasteiger partial charge in [0.05, 0.1) is 17.6 Å². The van der Waals surface area contributed by atoms with Gasteiger partial charge in [0.25, 0.3) is 5.88 Å². The molecule has 1 aromatic carbocycles. The third-order valence-electron chi connectivity index (χ3n) is 12.2. The first-order chi connectivity index (χ1) is 27.5. The second kappa shape index (κ2) is 15.3. The van der Waals surface area contributed by atoms with E-state index >= 15 is 0 Å². The van der Waals surface area contributed by atoms with Crippen LogP contribution in [0.2, 0.25) is 25.7 Å². The molecule has 14 nitrogen and oxygen atoms in total. The summed E-state index contributed by atoms with van der Waals surface area (Å²) in [4.78, 5) is 23.1. The Morgan fingerprint density at radius 3 is 2.61 bits per heavy atom. The van der Waals surface area contributed by atoms with Crippen LogP contribution in [0.4, 0.5) is 15.9 Å². The molecule has 1 spiro atoms. The van der Waals surface area contributed by atoms with Crippen molar-refractivity contribution in [1.29, 1.82) is 0 Å². The van der Waals surface area contributed by atoms with E-state index in [1.54, 1.807) is 18.6 Å². The lowest BCUT2D eigenvalue weighted by atomic mass is 9.68. The molecule has 2 saturated heterocycles. The van der Waals surface area contributed by atoms with Crippen molar-refractivity contribution in [3.63, 3.8) is 0 Å². The van der Waals surface area contributed by atoms with Crippen molar-refractivity contribution >= 4 is 30.7 Å². The molecule has 300 valence electrons. The number of ether oxygens (including phenoxy) is 2. The Morgan fingerprint density at radius 1 is 0.982 bits per heavy atom. The highest BCUT2D eigenvalue weighted by Crippen LogP contribution is 2.49. The zero-order valence-electron chi connectivity index (χ0n) is 33.6. The number of aromatic nitrogens is 9. The first-order valence-corrected chi connectivity index (χ1v) is 24.2. The van der Waals surface area contributed by atoms with Gasteiger partial charge in [-0.1, -0.05) is 38.7 Å². The molecule has 1 N–H and O–H groups in total. The van der Waals surface area contributed by atoms with Crippen LogP contribution < -0.4 is 15.0 Å². The van der Waals surface area contributed by atoms with Crippen molar-refractivity contribution in [2.45, 2.75) is 96.4 Å². The topological polar surface area (TPSA) is 145 Å². The van der Waals surface area contributed by atoms with Crippen LogP contribution in [0.25, 0.3) is 22.3 Å². The lowest BCUT2D eigenvalue weighted by molar-refractivity contribution is -0.0656. The summed E-state index contributed by atoms with van der Waals surface area (Å²) in [7, 11) is -1.16. The highest BCUT2D eigenvalue weighted by Gasteiger charge is 2.53. The van der Waals surface area contributed by atoms with Gasteiger partial charge in [-0.2, -0.15) is 0 Å². The van der Waals surface area contributed by atoms with Crippen LogP contribution >= 0.6 is 0 Å². The van der Waals surface area contributed by atoms with Gasteiger partial charge in [-0.05, 0) is 74.2 Å². The van der Waals surface area contributed by atoms with Gasteiger partial charge in [0.1, 0.15) is 36.5 Å². The molecular weight excluding hydrogens is 740 g/mol. The zero-order valence-corrected chi connectivity index (χ0v) is 34.6. The summed E-state index contributed by atoms with van der Waals surface area (Å²) in [6.07, 6.45) is 12.1. The van der Waals surface area contributed by atoms with Gasteiger partial charge in [-0.3, -0.25) is 4.90 Å². The minimum absolute atomic E-state index is 0.189. The van der Waals surface area contributed by atoms with E-state index in [1.165, 1.54) is 18.5 Å². The highest BCUT2D eigenvalue weighted by atomic mass is 28.3. The van der Waals surface area contributed by atoms with E-state index in [2.05, 4.69) is 95.1 Å². The summed E-state index contributed by atoms with van der Waals surface area (Å²) in [6.45, 7) is 16.8. The molecule has 0 amide bonds. The van der Waals surface area contributed by atoms with Gasteiger partial charge >= 0.3 is 0 Å². The van der Waals surface area contributed by atoms with Crippen LogP contribution in [-0.4, -0.2) is 103 Å². The number of halogens is 1. The summed E-state index contributed by atoms with van der Waals surface area (Å²) in [5, 5.41) is 20.8. The molecule has 16 heteroatoms. The number of fused-ring (bicyclic) bond motifs is 1. The molecule has 57 heavy (non-hydrogen) atoms. The summed E-state index contributed by atoms with van der Waals surface area (Å²) < 4.78 is 28.9. The Bertz CT molecular complexity index is 2220. The standard InChI is InChI=1S/C41H53FN12O2Si/c1-26(2)37(28-14-30(15-28)48-31-17-34-38(44-18-31)49-51-54(34)25-55-12-13-57(3,4)5)53-21-41(22-53)10-11-52(20-41)39-40(50-47-24-46-39)56-35-9-8-29(42)16-32(35)33-19-43-23-45-36(33)27-6-7-27/h8-9,16-19,23-24,26-28,30,37,48H,6-7,10-15,20-22,25H2,1-5H3/t28?,30?,37-/m1/s1. The number of pyridine rings is 1. The van der Waals surface area contributed by atoms with E-state index in [9.17, 15) is 4.39 Å². The summed E-state index contributed by atoms with van der Waals surface area (Å²) >= 11 is 0. The number of hydrogen-bond acceptors (Lipinski definition) is 13. The van der Waals surface area contributed by atoms with E-state index in [0.717, 1.165) is 93.4 Å². The second-order valence-corrected chi connectivity index (χ2v) is 23.9. The lowest BCUT2D eigenvalue weighted by Crippen LogP contribution is -2.65. The Morgan fingerprint density at radius 2 is 1.82 bits per heavy atom. The third-order valence-corrected chi connectivity index (χ3v) is 14.0. The van der Waals surface area contributed by atoms with E-state index in [4.69, 9.17) is 9.47 Å². The predicted octanol–water partition coefficient (Wildman–Crippen LogP) is 7.02. The average molecular weight is 793 g/mol. The molecule has 2 aliphatic heterocycles. The number of nitrogens with one attached hydrogen (secondary N) is 1. The van der Waals surface area contributed by atoms with Gasteiger partial charge in [-0.15, -0.1) is 15.3 Å². The van der Waals surface area contributed by atoms with Gasteiger partial charge in [0.15, 0.2) is 5.82 Å². The fourth-order valence-corrected chi connectivity index (χ4v) is 9.95. The summed E-state index contributed by atoms with van der Waals surface area (Å²) in [5.74, 6) is 2.65. The number of hydrogen-bond donors (Lipinski definition) is 1. The van der Waals surface area contributed by atoms with Gasteiger partial charge in [-0.25, -0.2) is 29.0 Å². The molecule has 0 radical (unpaired) electrons. The van der Waals surface area contributed by atoms with Crippen LogP contribution in [0.3, 0.4) is 0 Å². The quantitative estimate of drug-likeness (QED) is 0.0858. The van der Waals surface area contributed by atoms with E-state index in [-0.39, 0.29) is 11.2 Å². The van der Waals surface area contributed by atoms with Gasteiger partial charge < -0.3 is 19.7 Å².